The van der Waals surface area contributed by atoms with Crippen LogP contribution < -0.4 is 5.32 Å². The van der Waals surface area contributed by atoms with Crippen molar-refractivity contribution in [2.24, 2.45) is 0 Å². The molecule has 0 heterocycles. The Morgan fingerprint density at radius 3 is 2.32 bits per heavy atom. The van der Waals surface area contributed by atoms with Gasteiger partial charge in [0.05, 0.1) is 5.75 Å². The number of nitrogens with one attached hydrogen (secondary N) is 1. The Balaban J connectivity index is 2.14. The molecule has 0 aliphatic rings. The van der Waals surface area contributed by atoms with Gasteiger partial charge in [-0.3, -0.25) is 9.59 Å². The van der Waals surface area contributed by atoms with Gasteiger partial charge in [-0.15, -0.1) is 11.8 Å². The maximum atomic E-state index is 12.5. The van der Waals surface area contributed by atoms with Crippen molar-refractivity contribution in [1.29, 1.82) is 0 Å². The highest BCUT2D eigenvalue weighted by molar-refractivity contribution is 9.10. The third-order valence-corrected chi connectivity index (χ3v) is 4.59. The lowest BCUT2D eigenvalue weighted by molar-refractivity contribution is -0.133. The van der Waals surface area contributed by atoms with Gasteiger partial charge in [-0.2, -0.15) is 0 Å². The minimum Gasteiger partial charge on any atom is -0.481 e. The van der Waals surface area contributed by atoms with Gasteiger partial charge in [0.2, 0.25) is 5.91 Å². The quantitative estimate of drug-likeness (QED) is 0.797. The van der Waals surface area contributed by atoms with Crippen molar-refractivity contribution in [3.8, 4) is 0 Å². The first-order chi connectivity index (χ1) is 10.6. The molecule has 0 radical (unpaired) electrons. The van der Waals surface area contributed by atoms with Gasteiger partial charge in [0.25, 0.3) is 0 Å². The van der Waals surface area contributed by atoms with Crippen LogP contribution in [0.5, 0.6) is 0 Å². The Bertz CT molecular complexity index is 646. The second kappa shape index (κ2) is 8.00. The van der Waals surface area contributed by atoms with Gasteiger partial charge < -0.3 is 10.4 Å². The van der Waals surface area contributed by atoms with E-state index in [1.807, 2.05) is 42.5 Å². The lowest BCUT2D eigenvalue weighted by atomic mass is 10.1. The van der Waals surface area contributed by atoms with Crippen molar-refractivity contribution >= 4 is 45.3 Å². The number of benzene rings is 2. The summed E-state index contributed by atoms with van der Waals surface area (Å²) >= 11 is 4.43. The molecule has 114 valence electrons. The zero-order chi connectivity index (χ0) is 15.9. The van der Waals surface area contributed by atoms with Crippen LogP contribution in [0.1, 0.15) is 10.8 Å². The first-order valence-electron chi connectivity index (χ1n) is 6.51. The number of aliphatic carboxylic acids is 1. The number of halogens is 1. The molecule has 0 aliphatic heterocycles. The zero-order valence-electron chi connectivity index (χ0n) is 11.5. The number of carboxylic acid groups (broad SMARTS) is 1. The van der Waals surface area contributed by atoms with Gasteiger partial charge in [0.1, 0.15) is 5.25 Å². The molecule has 2 N–H and O–H groups in total. The number of thioether (sulfide) groups is 1. The Morgan fingerprint density at radius 1 is 1.09 bits per heavy atom. The molecule has 4 nitrogen and oxygen atoms in total. The van der Waals surface area contributed by atoms with E-state index >= 15 is 0 Å². The summed E-state index contributed by atoms with van der Waals surface area (Å²) in [6.07, 6.45) is 0. The number of carboxylic acids is 1. The second-order valence-electron chi connectivity index (χ2n) is 4.49. The van der Waals surface area contributed by atoms with Gasteiger partial charge in [-0.1, -0.05) is 46.3 Å². The summed E-state index contributed by atoms with van der Waals surface area (Å²) in [5.41, 5.74) is 1.45. The molecule has 0 saturated heterocycles. The molecular weight excluding hydrogens is 366 g/mol. The van der Waals surface area contributed by atoms with Crippen molar-refractivity contribution in [1.82, 2.24) is 0 Å². The molecular formula is C16H14BrNO3S. The molecule has 0 unspecified atom stereocenters. The summed E-state index contributed by atoms with van der Waals surface area (Å²) in [6.45, 7) is 0. The first-order valence-corrected chi connectivity index (χ1v) is 8.35. The third kappa shape index (κ3) is 4.89. The lowest BCUT2D eigenvalue weighted by Gasteiger charge is -2.16. The molecule has 2 rings (SSSR count). The van der Waals surface area contributed by atoms with Crippen molar-refractivity contribution in [2.45, 2.75) is 5.25 Å². The van der Waals surface area contributed by atoms with Crippen molar-refractivity contribution in [2.75, 3.05) is 11.1 Å². The van der Waals surface area contributed by atoms with Crippen LogP contribution in [0.25, 0.3) is 0 Å². The molecule has 6 heteroatoms. The minimum absolute atomic E-state index is 0.132. The molecule has 0 bridgehead atoms. The Kier molecular flexibility index (Phi) is 6.03. The molecule has 0 aromatic heterocycles. The summed E-state index contributed by atoms with van der Waals surface area (Å²) in [5, 5.41) is 11.1. The van der Waals surface area contributed by atoms with E-state index in [0.717, 1.165) is 21.8 Å². The topological polar surface area (TPSA) is 66.4 Å². The third-order valence-electron chi connectivity index (χ3n) is 2.83. The fraction of sp³-hybridized carbons (Fsp3) is 0.125. The van der Waals surface area contributed by atoms with E-state index in [1.165, 1.54) is 0 Å². The maximum absolute atomic E-state index is 12.5. The van der Waals surface area contributed by atoms with Gasteiger partial charge in [-0.25, -0.2) is 0 Å². The van der Waals surface area contributed by atoms with E-state index in [2.05, 4.69) is 21.2 Å². The summed E-state index contributed by atoms with van der Waals surface area (Å²) in [6, 6.07) is 16.4. The van der Waals surface area contributed by atoms with Crippen molar-refractivity contribution < 1.29 is 14.7 Å². The first kappa shape index (κ1) is 16.6. The number of rotatable bonds is 6. The molecule has 0 spiro atoms. The number of anilines is 1. The van der Waals surface area contributed by atoms with E-state index in [4.69, 9.17) is 5.11 Å². The summed E-state index contributed by atoms with van der Waals surface area (Å²) in [4.78, 5) is 23.3. The molecule has 2 aromatic rings. The standard InChI is InChI=1S/C16H14BrNO3S/c17-12-6-8-13(9-7-12)18-16(21)15(22-10-14(19)20)11-4-2-1-3-5-11/h1-9,15H,10H2,(H,18,21)(H,19,20)/t15-/m1/s1. The SMILES string of the molecule is O=C(O)CS[C@@H](C(=O)Nc1ccc(Br)cc1)c1ccccc1. The van der Waals surface area contributed by atoms with E-state index < -0.39 is 11.2 Å². The van der Waals surface area contributed by atoms with Gasteiger partial charge in [0.15, 0.2) is 0 Å². The highest BCUT2D eigenvalue weighted by atomic mass is 79.9. The average molecular weight is 380 g/mol. The normalized spacial score (nSPS) is 11.7. The molecule has 0 aliphatic carbocycles. The Morgan fingerprint density at radius 2 is 1.73 bits per heavy atom. The van der Waals surface area contributed by atoms with Crippen LogP contribution in [0.3, 0.4) is 0 Å². The smallest absolute Gasteiger partial charge is 0.313 e. The number of carbonyl (C=O) groups is 2. The molecule has 1 amide bonds. The van der Waals surface area contributed by atoms with Crippen LogP contribution in [0.4, 0.5) is 5.69 Å². The second-order valence-corrected chi connectivity index (χ2v) is 6.50. The van der Waals surface area contributed by atoms with Crippen LogP contribution in [0, 0.1) is 0 Å². The predicted octanol–water partition coefficient (Wildman–Crippen LogP) is 3.95. The number of hydrogen-bond acceptors (Lipinski definition) is 3. The van der Waals surface area contributed by atoms with Crippen LogP contribution in [-0.4, -0.2) is 22.7 Å². The number of hydrogen-bond donors (Lipinski definition) is 2. The maximum Gasteiger partial charge on any atom is 0.313 e. The molecule has 0 saturated carbocycles. The van der Waals surface area contributed by atoms with Crippen LogP contribution in [0.15, 0.2) is 59.1 Å². The summed E-state index contributed by atoms with van der Waals surface area (Å²) < 4.78 is 0.922. The fourth-order valence-electron chi connectivity index (χ4n) is 1.85. The molecule has 0 fully saturated rings. The van der Waals surface area contributed by atoms with Crippen LogP contribution in [0.2, 0.25) is 0 Å². The van der Waals surface area contributed by atoms with Gasteiger partial charge in [0, 0.05) is 10.2 Å². The molecule has 2 aromatic carbocycles. The number of carbonyl (C=O) groups excluding carboxylic acids is 1. The van der Waals surface area contributed by atoms with E-state index in [9.17, 15) is 9.59 Å². The Labute approximate surface area is 141 Å². The number of amides is 1. The van der Waals surface area contributed by atoms with Crippen molar-refractivity contribution in [3.63, 3.8) is 0 Å². The van der Waals surface area contributed by atoms with Crippen molar-refractivity contribution in [3.05, 3.63) is 64.6 Å². The van der Waals surface area contributed by atoms with Gasteiger partial charge in [-0.05, 0) is 29.8 Å². The average Bonchev–Trinajstić information content (AvgIpc) is 2.50. The zero-order valence-corrected chi connectivity index (χ0v) is 13.9. The minimum atomic E-state index is -0.942. The summed E-state index contributed by atoms with van der Waals surface area (Å²) in [5.74, 6) is -1.31. The van der Waals surface area contributed by atoms with Gasteiger partial charge >= 0.3 is 5.97 Å². The predicted molar refractivity (Wildman–Crippen MR) is 92.0 cm³/mol. The van der Waals surface area contributed by atoms with Crippen LogP contribution in [-0.2, 0) is 9.59 Å². The lowest BCUT2D eigenvalue weighted by Crippen LogP contribution is -2.20. The molecule has 1 atom stereocenters. The highest BCUT2D eigenvalue weighted by Gasteiger charge is 2.22. The van der Waals surface area contributed by atoms with E-state index in [-0.39, 0.29) is 11.7 Å². The fourth-order valence-corrected chi connectivity index (χ4v) is 2.98. The monoisotopic (exact) mass is 379 g/mol. The molecule has 22 heavy (non-hydrogen) atoms. The largest absolute Gasteiger partial charge is 0.481 e. The summed E-state index contributed by atoms with van der Waals surface area (Å²) in [7, 11) is 0. The van der Waals surface area contributed by atoms with E-state index in [0.29, 0.717) is 5.69 Å². The Hall–Kier alpha value is -1.79. The highest BCUT2D eigenvalue weighted by Crippen LogP contribution is 2.30. The van der Waals surface area contributed by atoms with E-state index in [1.54, 1.807) is 12.1 Å². The van der Waals surface area contributed by atoms with Crippen LogP contribution >= 0.6 is 27.7 Å².